The number of likely N-dealkylation sites (tertiary alicyclic amines) is 1. The highest BCUT2D eigenvalue weighted by molar-refractivity contribution is 5.97. The lowest BCUT2D eigenvalue weighted by Gasteiger charge is -2.45. The molecule has 4 nitrogen and oxygen atoms in total. The number of carbonyl (C=O) groups is 1. The number of nitrogens with one attached hydrogen (secondary N) is 1. The van der Waals surface area contributed by atoms with Gasteiger partial charge in [0.25, 0.3) is 5.91 Å². The van der Waals surface area contributed by atoms with Crippen LogP contribution >= 0.6 is 0 Å². The van der Waals surface area contributed by atoms with Crippen molar-refractivity contribution in [3.05, 3.63) is 65.0 Å². The number of piperidine rings is 1. The van der Waals surface area contributed by atoms with Crippen molar-refractivity contribution in [3.8, 4) is 11.8 Å². The Labute approximate surface area is 173 Å². The van der Waals surface area contributed by atoms with E-state index < -0.39 is 0 Å². The maximum absolute atomic E-state index is 13.3. The molecular formula is C25H29N3O. The van der Waals surface area contributed by atoms with Crippen LogP contribution < -0.4 is 0 Å². The molecule has 2 aliphatic rings. The highest BCUT2D eigenvalue weighted by Crippen LogP contribution is 2.41. The molecule has 1 aliphatic carbocycles. The first-order chi connectivity index (χ1) is 13.7. The molecule has 5 rings (SSSR count). The summed E-state index contributed by atoms with van der Waals surface area (Å²) in [7, 11) is 0. The minimum Gasteiger partial charge on any atom is -0.345 e. The van der Waals surface area contributed by atoms with Gasteiger partial charge >= 0.3 is 0 Å². The number of hydrogen-bond acceptors (Lipinski definition) is 2. The fourth-order valence-corrected chi connectivity index (χ4v) is 4.97. The van der Waals surface area contributed by atoms with Crippen molar-refractivity contribution in [1.82, 2.24) is 14.9 Å². The zero-order chi connectivity index (χ0) is 19.1. The lowest BCUT2D eigenvalue weighted by atomic mass is 9.74. The first kappa shape index (κ1) is 19.3. The summed E-state index contributed by atoms with van der Waals surface area (Å²) in [6.07, 6.45) is 5.91. The van der Waals surface area contributed by atoms with Crippen molar-refractivity contribution in [2.45, 2.75) is 52.0 Å². The van der Waals surface area contributed by atoms with Crippen LogP contribution in [0.1, 0.15) is 68.0 Å². The van der Waals surface area contributed by atoms with E-state index in [-0.39, 0.29) is 20.8 Å². The molecule has 2 heterocycles. The third kappa shape index (κ3) is 3.31. The van der Waals surface area contributed by atoms with Gasteiger partial charge in [-0.05, 0) is 74.1 Å². The fraction of sp³-hybridized carbons (Fsp3) is 0.360. The van der Waals surface area contributed by atoms with E-state index in [1.165, 1.54) is 11.1 Å². The van der Waals surface area contributed by atoms with E-state index in [1.54, 1.807) is 6.33 Å². The molecule has 1 amide bonds. The first-order valence-electron chi connectivity index (χ1n) is 10.0. The fourth-order valence-electron chi connectivity index (χ4n) is 4.97. The van der Waals surface area contributed by atoms with Gasteiger partial charge in [-0.1, -0.05) is 19.4 Å². The molecule has 1 fully saturated rings. The third-order valence-corrected chi connectivity index (χ3v) is 6.23. The summed E-state index contributed by atoms with van der Waals surface area (Å²) >= 11 is 0. The molecule has 3 aromatic rings. The number of aromatic nitrogens is 2. The summed E-state index contributed by atoms with van der Waals surface area (Å²) in [5.41, 5.74) is 6.48. The van der Waals surface area contributed by atoms with E-state index in [0.29, 0.717) is 5.92 Å². The van der Waals surface area contributed by atoms with Crippen LogP contribution in [0.15, 0.2) is 42.7 Å². The second-order valence-electron chi connectivity index (χ2n) is 7.78. The Bertz CT molecular complexity index is 1120. The molecule has 1 aromatic heterocycles. The van der Waals surface area contributed by atoms with E-state index in [1.807, 2.05) is 25.1 Å². The van der Waals surface area contributed by atoms with Crippen molar-refractivity contribution in [2.24, 2.45) is 0 Å². The first-order valence-corrected chi connectivity index (χ1v) is 10.0. The largest absolute Gasteiger partial charge is 0.345 e. The van der Waals surface area contributed by atoms with Crippen LogP contribution in [-0.4, -0.2) is 33.4 Å². The van der Waals surface area contributed by atoms with Gasteiger partial charge in [0.15, 0.2) is 0 Å². The summed E-state index contributed by atoms with van der Waals surface area (Å²) in [6, 6.07) is 12.7. The quantitative estimate of drug-likeness (QED) is 0.587. The van der Waals surface area contributed by atoms with Crippen molar-refractivity contribution in [1.29, 1.82) is 0 Å². The van der Waals surface area contributed by atoms with Gasteiger partial charge in [-0.2, -0.15) is 0 Å². The number of amides is 1. The van der Waals surface area contributed by atoms with Crippen LogP contribution in [0, 0.1) is 11.8 Å². The molecule has 2 atom stereocenters. The normalized spacial score (nSPS) is 20.1. The molecule has 150 valence electrons. The Hall–Kier alpha value is -3.06. The van der Waals surface area contributed by atoms with Gasteiger partial charge in [-0.15, -0.1) is 5.92 Å². The third-order valence-electron chi connectivity index (χ3n) is 6.23. The highest BCUT2D eigenvalue weighted by atomic mass is 16.2. The van der Waals surface area contributed by atoms with Crippen molar-refractivity contribution < 1.29 is 6.22 Å². The smallest absolute Gasteiger partial charge is 0.254 e. The van der Waals surface area contributed by atoms with E-state index in [0.717, 1.165) is 54.4 Å². The van der Waals surface area contributed by atoms with Crippen LogP contribution in [0.2, 0.25) is 0 Å². The Morgan fingerprint density at radius 2 is 2.14 bits per heavy atom. The zero-order valence-electron chi connectivity index (χ0n) is 16.0. The van der Waals surface area contributed by atoms with Crippen LogP contribution in [0.25, 0.3) is 11.0 Å². The predicted octanol–water partition coefficient (Wildman–Crippen LogP) is 5.15. The Morgan fingerprint density at radius 1 is 1.24 bits per heavy atom. The molecule has 0 bridgehead atoms. The molecule has 0 spiro atoms. The van der Waals surface area contributed by atoms with Crippen molar-refractivity contribution in [2.75, 3.05) is 6.54 Å². The van der Waals surface area contributed by atoms with Gasteiger partial charge in [-0.3, -0.25) is 4.79 Å². The van der Waals surface area contributed by atoms with Gasteiger partial charge in [0.2, 0.25) is 0 Å². The molecule has 0 radical (unpaired) electrons. The van der Waals surface area contributed by atoms with Gasteiger partial charge in [-0.25, -0.2) is 4.98 Å². The molecule has 0 saturated carbocycles. The van der Waals surface area contributed by atoms with Crippen LogP contribution in [0.5, 0.6) is 0 Å². The SMILES string of the molecule is C.CC#Cc1ccc2c(c1)CCC1C2CCCN1C(=O)c1ccc2nc[nH]c2c1.[HH]. The Balaban J connectivity index is 0.00000128. The predicted molar refractivity (Wildman–Crippen MR) is 119 cm³/mol. The summed E-state index contributed by atoms with van der Waals surface area (Å²) in [4.78, 5) is 22.8. The second-order valence-corrected chi connectivity index (χ2v) is 7.78. The molecule has 2 aromatic carbocycles. The maximum atomic E-state index is 13.3. The summed E-state index contributed by atoms with van der Waals surface area (Å²) in [6.45, 7) is 2.72. The minimum absolute atomic E-state index is 0. The molecule has 4 heteroatoms. The van der Waals surface area contributed by atoms with Gasteiger partial charge in [0.1, 0.15) is 0 Å². The second kappa shape index (κ2) is 7.75. The summed E-state index contributed by atoms with van der Waals surface area (Å²) in [5, 5.41) is 0. The Kier molecular flexibility index (Phi) is 5.15. The van der Waals surface area contributed by atoms with E-state index in [4.69, 9.17) is 0 Å². The number of fused-ring (bicyclic) bond motifs is 4. The van der Waals surface area contributed by atoms with Crippen LogP contribution in [-0.2, 0) is 6.42 Å². The number of H-pyrrole nitrogens is 1. The number of benzene rings is 2. The number of nitrogens with zero attached hydrogens (tertiary/aromatic N) is 2. The molecule has 1 aliphatic heterocycles. The lowest BCUT2D eigenvalue weighted by molar-refractivity contribution is 0.0547. The standard InChI is InChI=1S/C24H23N3O.CH4.H2/c1-2-4-16-6-9-19-17(13-16)8-11-23-20(19)5-3-12-27(23)24(28)18-7-10-21-22(14-18)26-15-25-21;;/h6-7,9-10,13-15,20,23H,3,5,8,11-12H2,1H3,(H,25,26);1H4;1H. The average Bonchev–Trinajstić information content (AvgIpc) is 3.20. The number of rotatable bonds is 1. The monoisotopic (exact) mass is 387 g/mol. The van der Waals surface area contributed by atoms with E-state index in [9.17, 15) is 4.79 Å². The molecule has 1 N–H and O–H groups in total. The van der Waals surface area contributed by atoms with Gasteiger partial charge in [0.05, 0.1) is 17.4 Å². The van der Waals surface area contributed by atoms with Crippen molar-refractivity contribution >= 4 is 16.9 Å². The zero-order valence-corrected chi connectivity index (χ0v) is 16.0. The lowest BCUT2D eigenvalue weighted by Crippen LogP contribution is -2.49. The van der Waals surface area contributed by atoms with Crippen molar-refractivity contribution in [3.63, 3.8) is 0 Å². The molecule has 29 heavy (non-hydrogen) atoms. The number of aryl methyl sites for hydroxylation is 1. The number of aromatic amines is 1. The molecular weight excluding hydrogens is 358 g/mol. The Morgan fingerprint density at radius 3 is 3.00 bits per heavy atom. The molecule has 2 unspecified atom stereocenters. The van der Waals surface area contributed by atoms with Crippen LogP contribution in [0.4, 0.5) is 0 Å². The topological polar surface area (TPSA) is 49.0 Å². The molecule has 1 saturated heterocycles. The highest BCUT2D eigenvalue weighted by Gasteiger charge is 2.38. The average molecular weight is 388 g/mol. The minimum atomic E-state index is 0. The van der Waals surface area contributed by atoms with Gasteiger partial charge < -0.3 is 9.88 Å². The van der Waals surface area contributed by atoms with E-state index >= 15 is 0 Å². The van der Waals surface area contributed by atoms with Crippen LogP contribution in [0.3, 0.4) is 0 Å². The maximum Gasteiger partial charge on any atom is 0.254 e. The number of hydrogen-bond donors (Lipinski definition) is 1. The summed E-state index contributed by atoms with van der Waals surface area (Å²) in [5.74, 6) is 6.73. The summed E-state index contributed by atoms with van der Waals surface area (Å²) < 4.78 is 0. The van der Waals surface area contributed by atoms with E-state index in [2.05, 4.69) is 44.9 Å². The number of carbonyl (C=O) groups excluding carboxylic acids is 1. The van der Waals surface area contributed by atoms with Gasteiger partial charge in [0, 0.05) is 31.1 Å². The number of imidazole rings is 1.